The molecule has 108 valence electrons. The predicted octanol–water partition coefficient (Wildman–Crippen LogP) is 2.44. The third kappa shape index (κ3) is 4.84. The molecule has 1 aromatic rings. The summed E-state index contributed by atoms with van der Waals surface area (Å²) in [6.07, 6.45) is 4.00. The number of ether oxygens (including phenoxy) is 2. The van der Waals surface area contributed by atoms with Crippen molar-refractivity contribution in [1.29, 1.82) is 5.26 Å². The lowest BCUT2D eigenvalue weighted by molar-refractivity contribution is -0.00282. The second-order valence-electron chi connectivity index (χ2n) is 5.24. The highest BCUT2D eigenvalue weighted by Gasteiger charge is 2.15. The van der Waals surface area contributed by atoms with Crippen molar-refractivity contribution in [3.63, 3.8) is 0 Å². The molecule has 0 aromatic heterocycles. The Bertz CT molecular complexity index is 450. The van der Waals surface area contributed by atoms with Gasteiger partial charge < -0.3 is 14.4 Å². The van der Waals surface area contributed by atoms with Gasteiger partial charge >= 0.3 is 0 Å². The molecule has 1 aliphatic rings. The van der Waals surface area contributed by atoms with Crippen molar-refractivity contribution >= 4 is 0 Å². The van der Waals surface area contributed by atoms with Crippen molar-refractivity contribution in [2.75, 3.05) is 33.4 Å². The van der Waals surface area contributed by atoms with Crippen LogP contribution in [0.15, 0.2) is 24.3 Å². The van der Waals surface area contributed by atoms with Gasteiger partial charge in [-0.3, -0.25) is 0 Å². The highest BCUT2D eigenvalue weighted by molar-refractivity contribution is 5.36. The maximum Gasteiger partial charge on any atom is 0.120 e. The third-order valence-corrected chi connectivity index (χ3v) is 3.49. The summed E-state index contributed by atoms with van der Waals surface area (Å²) in [5, 5.41) is 8.83. The minimum atomic E-state index is 0.371. The van der Waals surface area contributed by atoms with Crippen LogP contribution >= 0.6 is 0 Å². The summed E-state index contributed by atoms with van der Waals surface area (Å²) in [5.74, 6) is 0.756. The summed E-state index contributed by atoms with van der Waals surface area (Å²) in [5.41, 5.74) is 0.631. The van der Waals surface area contributed by atoms with Crippen molar-refractivity contribution in [2.45, 2.75) is 25.4 Å². The second-order valence-corrected chi connectivity index (χ2v) is 5.24. The maximum atomic E-state index is 8.83. The monoisotopic (exact) mass is 274 g/mol. The molecule has 1 atom stereocenters. The first-order valence-corrected chi connectivity index (χ1v) is 7.21. The van der Waals surface area contributed by atoms with Crippen molar-refractivity contribution in [3.8, 4) is 11.8 Å². The Morgan fingerprint density at radius 3 is 3.10 bits per heavy atom. The number of hydrogen-bond donors (Lipinski definition) is 0. The molecule has 0 N–H and O–H groups in total. The Morgan fingerprint density at radius 2 is 2.35 bits per heavy atom. The van der Waals surface area contributed by atoms with Crippen molar-refractivity contribution < 1.29 is 9.47 Å². The van der Waals surface area contributed by atoms with Gasteiger partial charge in [0.25, 0.3) is 0 Å². The van der Waals surface area contributed by atoms with Crippen molar-refractivity contribution in [2.24, 2.45) is 0 Å². The zero-order valence-electron chi connectivity index (χ0n) is 12.0. The molecule has 0 saturated carbocycles. The number of nitriles is 1. The van der Waals surface area contributed by atoms with Gasteiger partial charge in [0.1, 0.15) is 12.4 Å². The van der Waals surface area contributed by atoms with E-state index in [2.05, 4.69) is 18.0 Å². The van der Waals surface area contributed by atoms with Gasteiger partial charge in [0, 0.05) is 19.7 Å². The van der Waals surface area contributed by atoms with Gasteiger partial charge in [-0.2, -0.15) is 5.26 Å². The van der Waals surface area contributed by atoms with E-state index in [0.29, 0.717) is 18.3 Å². The first-order valence-electron chi connectivity index (χ1n) is 7.21. The Hall–Kier alpha value is -1.57. The van der Waals surface area contributed by atoms with E-state index in [9.17, 15) is 0 Å². The fourth-order valence-electron chi connectivity index (χ4n) is 2.37. The zero-order chi connectivity index (χ0) is 14.2. The van der Waals surface area contributed by atoms with Gasteiger partial charge in [0.15, 0.2) is 0 Å². The van der Waals surface area contributed by atoms with Crippen molar-refractivity contribution in [3.05, 3.63) is 29.8 Å². The Kier molecular flexibility index (Phi) is 5.85. The molecule has 1 aliphatic heterocycles. The Morgan fingerprint density at radius 1 is 1.45 bits per heavy atom. The Balaban J connectivity index is 1.68. The molecule has 1 fully saturated rings. The number of hydrogen-bond acceptors (Lipinski definition) is 4. The average molecular weight is 274 g/mol. The predicted molar refractivity (Wildman–Crippen MR) is 77.7 cm³/mol. The third-order valence-electron chi connectivity index (χ3n) is 3.49. The van der Waals surface area contributed by atoms with E-state index in [4.69, 9.17) is 14.7 Å². The number of benzene rings is 1. The largest absolute Gasteiger partial charge is 0.492 e. The van der Waals surface area contributed by atoms with Crippen LogP contribution in [0.3, 0.4) is 0 Å². The van der Waals surface area contributed by atoms with Gasteiger partial charge in [0.2, 0.25) is 0 Å². The lowest BCUT2D eigenvalue weighted by atomic mass is 10.1. The van der Waals surface area contributed by atoms with Crippen LogP contribution in [0.5, 0.6) is 5.75 Å². The fourth-order valence-corrected chi connectivity index (χ4v) is 2.37. The smallest absolute Gasteiger partial charge is 0.120 e. The molecular weight excluding hydrogens is 252 g/mol. The van der Waals surface area contributed by atoms with Gasteiger partial charge in [-0.25, -0.2) is 0 Å². The quantitative estimate of drug-likeness (QED) is 0.799. The van der Waals surface area contributed by atoms with Crippen LogP contribution in [-0.2, 0) is 4.74 Å². The zero-order valence-corrected chi connectivity index (χ0v) is 12.0. The molecule has 1 saturated heterocycles. The number of rotatable bonds is 6. The Labute approximate surface area is 120 Å². The molecule has 0 radical (unpaired) electrons. The lowest BCUT2D eigenvalue weighted by Crippen LogP contribution is -2.35. The summed E-state index contributed by atoms with van der Waals surface area (Å²) in [7, 11) is 2.09. The minimum absolute atomic E-state index is 0.371. The van der Waals surface area contributed by atoms with Crippen LogP contribution in [0.2, 0.25) is 0 Å². The number of nitrogens with zero attached hydrogens (tertiary/aromatic N) is 2. The normalized spacial score (nSPS) is 18.8. The van der Waals surface area contributed by atoms with Gasteiger partial charge in [-0.15, -0.1) is 0 Å². The van der Waals surface area contributed by atoms with E-state index in [0.717, 1.165) is 31.9 Å². The first kappa shape index (κ1) is 14.8. The molecule has 0 amide bonds. The summed E-state index contributed by atoms with van der Waals surface area (Å²) in [4.78, 5) is 2.24. The average Bonchev–Trinajstić information content (AvgIpc) is 2.48. The summed E-state index contributed by atoms with van der Waals surface area (Å²) in [6, 6.07) is 9.38. The summed E-state index contributed by atoms with van der Waals surface area (Å²) >= 11 is 0. The topological polar surface area (TPSA) is 45.5 Å². The van der Waals surface area contributed by atoms with E-state index in [-0.39, 0.29) is 0 Å². The lowest BCUT2D eigenvalue weighted by Gasteiger charge is -2.27. The maximum absolute atomic E-state index is 8.83. The molecule has 2 rings (SSSR count). The standard InChI is InChI=1S/C16H22N2O2/c1-18(13-16-6-2-3-9-19-16)8-10-20-15-7-4-5-14(11-15)12-17/h4-5,7,11,16H,2-3,6,8-10,13H2,1H3. The molecule has 0 aliphatic carbocycles. The molecule has 4 heteroatoms. The number of likely N-dealkylation sites (N-methyl/N-ethyl adjacent to an activating group) is 1. The molecule has 0 bridgehead atoms. The van der Waals surface area contributed by atoms with Crippen LogP contribution in [0.1, 0.15) is 24.8 Å². The van der Waals surface area contributed by atoms with E-state index < -0.39 is 0 Å². The molecule has 20 heavy (non-hydrogen) atoms. The van der Waals surface area contributed by atoms with E-state index in [1.807, 2.05) is 12.1 Å². The van der Waals surface area contributed by atoms with Crippen LogP contribution < -0.4 is 4.74 Å². The van der Waals surface area contributed by atoms with E-state index >= 15 is 0 Å². The second kappa shape index (κ2) is 7.88. The minimum Gasteiger partial charge on any atom is -0.492 e. The van der Waals surface area contributed by atoms with Crippen molar-refractivity contribution in [1.82, 2.24) is 4.90 Å². The molecule has 1 heterocycles. The van der Waals surface area contributed by atoms with Crippen LogP contribution in [0.4, 0.5) is 0 Å². The van der Waals surface area contributed by atoms with Crippen LogP contribution in [-0.4, -0.2) is 44.4 Å². The van der Waals surface area contributed by atoms with Gasteiger partial charge in [-0.05, 0) is 44.5 Å². The summed E-state index contributed by atoms with van der Waals surface area (Å²) in [6.45, 7) is 3.34. The van der Waals surface area contributed by atoms with Crippen LogP contribution in [0, 0.1) is 11.3 Å². The van der Waals surface area contributed by atoms with Gasteiger partial charge in [-0.1, -0.05) is 6.07 Å². The molecule has 1 aromatic carbocycles. The van der Waals surface area contributed by atoms with Gasteiger partial charge in [0.05, 0.1) is 17.7 Å². The van der Waals surface area contributed by atoms with E-state index in [1.165, 1.54) is 12.8 Å². The SMILES string of the molecule is CN(CCOc1cccc(C#N)c1)CC1CCCCO1. The summed E-state index contributed by atoms with van der Waals surface area (Å²) < 4.78 is 11.4. The molecule has 4 nitrogen and oxygen atoms in total. The molecule has 0 spiro atoms. The molecule has 1 unspecified atom stereocenters. The first-order chi connectivity index (χ1) is 9.78. The van der Waals surface area contributed by atoms with E-state index in [1.54, 1.807) is 12.1 Å². The highest BCUT2D eigenvalue weighted by atomic mass is 16.5. The molecular formula is C16H22N2O2. The fraction of sp³-hybridized carbons (Fsp3) is 0.562. The van der Waals surface area contributed by atoms with Crippen LogP contribution in [0.25, 0.3) is 0 Å². The highest BCUT2D eigenvalue weighted by Crippen LogP contribution is 2.14.